The maximum absolute atomic E-state index is 12.9. The summed E-state index contributed by atoms with van der Waals surface area (Å²) in [6, 6.07) is 1.88. The zero-order valence-corrected chi connectivity index (χ0v) is 15.1. The smallest absolute Gasteiger partial charge is 0.254 e. The third-order valence-corrected chi connectivity index (χ3v) is 5.43. The standard InChI is InChI=1S/C19H30N4O/c1-3-17-13-20-7-6-18(17)19(24)23-8-4-5-16(15-23)14-22-11-9-21(2)10-12-22/h6-7,13,16H,3-5,8-12,14-15H2,1-2H3. The number of aromatic nitrogens is 1. The fourth-order valence-corrected chi connectivity index (χ4v) is 3.88. The third kappa shape index (κ3) is 4.14. The number of rotatable bonds is 4. The molecule has 1 amide bonds. The van der Waals surface area contributed by atoms with Gasteiger partial charge in [0.2, 0.25) is 0 Å². The highest BCUT2D eigenvalue weighted by molar-refractivity contribution is 5.95. The molecule has 1 aromatic rings. The van der Waals surface area contributed by atoms with Gasteiger partial charge in [0.1, 0.15) is 0 Å². The number of likely N-dealkylation sites (tertiary alicyclic amines) is 1. The summed E-state index contributed by atoms with van der Waals surface area (Å²) in [5.74, 6) is 0.801. The minimum atomic E-state index is 0.192. The fourth-order valence-electron chi connectivity index (χ4n) is 3.88. The zero-order chi connectivity index (χ0) is 16.9. The lowest BCUT2D eigenvalue weighted by atomic mass is 9.96. The van der Waals surface area contributed by atoms with Crippen LogP contribution in [0.3, 0.4) is 0 Å². The van der Waals surface area contributed by atoms with Crippen molar-refractivity contribution < 1.29 is 4.79 Å². The van der Waals surface area contributed by atoms with Crippen LogP contribution in [-0.4, -0.2) is 78.5 Å². The molecule has 24 heavy (non-hydrogen) atoms. The number of hydrogen-bond acceptors (Lipinski definition) is 4. The summed E-state index contributed by atoms with van der Waals surface area (Å²) in [6.45, 7) is 9.64. The van der Waals surface area contributed by atoms with Crippen molar-refractivity contribution in [2.45, 2.75) is 26.2 Å². The van der Waals surface area contributed by atoms with Crippen LogP contribution in [0.5, 0.6) is 0 Å². The maximum atomic E-state index is 12.9. The van der Waals surface area contributed by atoms with Gasteiger partial charge in [-0.05, 0) is 43.9 Å². The number of aryl methyl sites for hydroxylation is 1. The predicted octanol–water partition coefficient (Wildman–Crippen LogP) is 1.74. The number of piperidine rings is 1. The zero-order valence-electron chi connectivity index (χ0n) is 15.1. The van der Waals surface area contributed by atoms with Crippen molar-refractivity contribution in [3.8, 4) is 0 Å². The number of amides is 1. The third-order valence-electron chi connectivity index (χ3n) is 5.43. The minimum Gasteiger partial charge on any atom is -0.338 e. The number of carbonyl (C=O) groups is 1. The van der Waals surface area contributed by atoms with Crippen molar-refractivity contribution in [3.63, 3.8) is 0 Å². The van der Waals surface area contributed by atoms with Gasteiger partial charge < -0.3 is 14.7 Å². The number of carbonyl (C=O) groups excluding carboxylic acids is 1. The highest BCUT2D eigenvalue weighted by Gasteiger charge is 2.27. The Morgan fingerprint density at radius 2 is 2.04 bits per heavy atom. The molecule has 1 unspecified atom stereocenters. The summed E-state index contributed by atoms with van der Waals surface area (Å²) < 4.78 is 0. The van der Waals surface area contributed by atoms with Gasteiger partial charge in [0.25, 0.3) is 5.91 Å². The highest BCUT2D eigenvalue weighted by atomic mass is 16.2. The molecule has 3 rings (SSSR count). The van der Waals surface area contributed by atoms with Gasteiger partial charge in [0.05, 0.1) is 0 Å². The summed E-state index contributed by atoms with van der Waals surface area (Å²) in [6.07, 6.45) is 6.79. The SMILES string of the molecule is CCc1cnccc1C(=O)N1CCCC(CN2CCN(C)CC2)C1. The van der Waals surface area contributed by atoms with Crippen LogP contribution in [0, 0.1) is 5.92 Å². The van der Waals surface area contributed by atoms with Gasteiger partial charge in [0.15, 0.2) is 0 Å². The van der Waals surface area contributed by atoms with Crippen LogP contribution in [0.15, 0.2) is 18.5 Å². The van der Waals surface area contributed by atoms with Crippen molar-refractivity contribution in [1.29, 1.82) is 0 Å². The Hall–Kier alpha value is -1.46. The summed E-state index contributed by atoms with van der Waals surface area (Å²) >= 11 is 0. The molecule has 2 fully saturated rings. The molecular weight excluding hydrogens is 300 g/mol. The Morgan fingerprint density at radius 1 is 1.25 bits per heavy atom. The maximum Gasteiger partial charge on any atom is 0.254 e. The van der Waals surface area contributed by atoms with Crippen LogP contribution in [0.1, 0.15) is 35.7 Å². The lowest BCUT2D eigenvalue weighted by Gasteiger charge is -2.38. The molecule has 0 radical (unpaired) electrons. The second kappa shape index (κ2) is 8.08. The molecule has 0 bridgehead atoms. The number of nitrogens with zero attached hydrogens (tertiary/aromatic N) is 4. The van der Waals surface area contributed by atoms with E-state index in [1.165, 1.54) is 6.42 Å². The van der Waals surface area contributed by atoms with Gasteiger partial charge in [-0.2, -0.15) is 0 Å². The molecule has 5 heteroatoms. The number of likely N-dealkylation sites (N-methyl/N-ethyl adjacent to an activating group) is 1. The molecule has 0 spiro atoms. The lowest BCUT2D eigenvalue weighted by molar-refractivity contribution is 0.0608. The molecule has 3 heterocycles. The van der Waals surface area contributed by atoms with Crippen LogP contribution in [0.4, 0.5) is 0 Å². The van der Waals surface area contributed by atoms with Crippen molar-refractivity contribution in [2.75, 3.05) is 52.9 Å². The number of hydrogen-bond donors (Lipinski definition) is 0. The van der Waals surface area contributed by atoms with E-state index in [2.05, 4.69) is 33.7 Å². The number of piperazine rings is 1. The largest absolute Gasteiger partial charge is 0.338 e. The Kier molecular flexibility index (Phi) is 5.85. The minimum absolute atomic E-state index is 0.192. The van der Waals surface area contributed by atoms with Crippen LogP contribution < -0.4 is 0 Å². The van der Waals surface area contributed by atoms with Gasteiger partial charge in [-0.1, -0.05) is 6.92 Å². The Labute approximate surface area is 145 Å². The summed E-state index contributed by atoms with van der Waals surface area (Å²) in [7, 11) is 2.19. The first-order valence-corrected chi connectivity index (χ1v) is 9.30. The summed E-state index contributed by atoms with van der Waals surface area (Å²) in [5.41, 5.74) is 1.90. The highest BCUT2D eigenvalue weighted by Crippen LogP contribution is 2.21. The molecule has 0 aromatic carbocycles. The quantitative estimate of drug-likeness (QED) is 0.843. The molecule has 2 aliphatic rings. The first-order valence-electron chi connectivity index (χ1n) is 9.30. The van der Waals surface area contributed by atoms with Crippen molar-refractivity contribution >= 4 is 5.91 Å². The predicted molar refractivity (Wildman–Crippen MR) is 96.2 cm³/mol. The summed E-state index contributed by atoms with van der Waals surface area (Å²) in [4.78, 5) is 24.1. The topological polar surface area (TPSA) is 39.7 Å². The molecule has 0 N–H and O–H groups in total. The van der Waals surface area contributed by atoms with E-state index in [1.54, 1.807) is 6.20 Å². The van der Waals surface area contributed by atoms with Crippen LogP contribution >= 0.6 is 0 Å². The van der Waals surface area contributed by atoms with E-state index >= 15 is 0 Å². The van der Waals surface area contributed by atoms with Gasteiger partial charge in [0, 0.05) is 63.8 Å². The van der Waals surface area contributed by atoms with Gasteiger partial charge in [-0.25, -0.2) is 0 Å². The van der Waals surface area contributed by atoms with Crippen LogP contribution in [0.2, 0.25) is 0 Å². The van der Waals surface area contributed by atoms with Crippen LogP contribution in [-0.2, 0) is 6.42 Å². The molecular formula is C19H30N4O. The van der Waals surface area contributed by atoms with E-state index in [0.717, 1.165) is 69.8 Å². The van der Waals surface area contributed by atoms with E-state index in [0.29, 0.717) is 5.92 Å². The monoisotopic (exact) mass is 330 g/mol. The number of pyridine rings is 1. The van der Waals surface area contributed by atoms with Crippen LogP contribution in [0.25, 0.3) is 0 Å². The molecule has 132 valence electrons. The average Bonchev–Trinajstić information content (AvgIpc) is 2.63. The molecule has 1 aromatic heterocycles. The first kappa shape index (κ1) is 17.4. The Balaban J connectivity index is 1.59. The van der Waals surface area contributed by atoms with E-state index in [9.17, 15) is 4.79 Å². The molecule has 0 saturated carbocycles. The van der Waals surface area contributed by atoms with E-state index < -0.39 is 0 Å². The molecule has 1 atom stereocenters. The van der Waals surface area contributed by atoms with Crippen molar-refractivity contribution in [3.05, 3.63) is 29.6 Å². The fraction of sp³-hybridized carbons (Fsp3) is 0.684. The molecule has 2 saturated heterocycles. The normalized spacial score (nSPS) is 23.4. The van der Waals surface area contributed by atoms with Gasteiger partial charge in [-0.3, -0.25) is 9.78 Å². The Morgan fingerprint density at radius 3 is 2.79 bits per heavy atom. The lowest BCUT2D eigenvalue weighted by Crippen LogP contribution is -2.49. The van der Waals surface area contributed by atoms with Crippen molar-refractivity contribution in [1.82, 2.24) is 19.7 Å². The Bertz CT molecular complexity index is 554. The molecule has 0 aliphatic carbocycles. The van der Waals surface area contributed by atoms with Gasteiger partial charge >= 0.3 is 0 Å². The second-order valence-electron chi connectivity index (χ2n) is 7.25. The summed E-state index contributed by atoms with van der Waals surface area (Å²) in [5, 5.41) is 0. The van der Waals surface area contributed by atoms with E-state index in [1.807, 2.05) is 12.3 Å². The molecule has 5 nitrogen and oxygen atoms in total. The average molecular weight is 330 g/mol. The van der Waals surface area contributed by atoms with Gasteiger partial charge in [-0.15, -0.1) is 0 Å². The van der Waals surface area contributed by atoms with Crippen molar-refractivity contribution in [2.24, 2.45) is 5.92 Å². The molecule has 2 aliphatic heterocycles. The second-order valence-corrected chi connectivity index (χ2v) is 7.25. The van der Waals surface area contributed by atoms with E-state index in [4.69, 9.17) is 0 Å². The first-order chi connectivity index (χ1) is 11.7. The van der Waals surface area contributed by atoms with E-state index in [-0.39, 0.29) is 5.91 Å².